The Morgan fingerprint density at radius 2 is 1.93 bits per heavy atom. The largest absolute Gasteiger partial charge is 0.382 e. The number of pyridine rings is 2. The van der Waals surface area contributed by atoms with Gasteiger partial charge in [0, 0.05) is 24.8 Å². The molecule has 0 aliphatic rings. The lowest BCUT2D eigenvalue weighted by atomic mass is 10.1. The van der Waals surface area contributed by atoms with Gasteiger partial charge in [0.2, 0.25) is 10.0 Å². The first-order valence-corrected chi connectivity index (χ1v) is 11.3. The van der Waals surface area contributed by atoms with Gasteiger partial charge in [0.05, 0.1) is 57.6 Å². The molecular weight excluding hydrogens is 426 g/mol. The molecule has 156 valence electrons. The smallest absolute Gasteiger partial charge is 0.208 e. The number of rotatable bonds is 6. The first-order chi connectivity index (χ1) is 14.1. The Hall–Kier alpha value is -2.93. The molecule has 0 aliphatic carbocycles. The second-order valence-electron chi connectivity index (χ2n) is 6.90. The molecule has 10 heteroatoms. The van der Waals surface area contributed by atoms with Crippen molar-refractivity contribution in [2.75, 3.05) is 24.7 Å². The second kappa shape index (κ2) is 8.44. The number of sulfonamides is 1. The summed E-state index contributed by atoms with van der Waals surface area (Å²) in [7, 11) is -3.30. The number of benzene rings is 1. The number of hydrogen-bond acceptors (Lipinski definition) is 6. The van der Waals surface area contributed by atoms with E-state index in [9.17, 15) is 18.5 Å². The van der Waals surface area contributed by atoms with Crippen LogP contribution in [-0.4, -0.2) is 37.3 Å². The van der Waals surface area contributed by atoms with E-state index in [-0.39, 0.29) is 18.5 Å². The van der Waals surface area contributed by atoms with Gasteiger partial charge in [0.15, 0.2) is 5.43 Å². The number of halogens is 1. The summed E-state index contributed by atoms with van der Waals surface area (Å²) in [5.74, 6) is 0. The number of fused-ring (bicyclic) bond motifs is 1. The molecule has 0 radical (unpaired) electrons. The fourth-order valence-electron chi connectivity index (χ4n) is 3.34. The Labute approximate surface area is 179 Å². The minimum absolute atomic E-state index is 0.163. The molecule has 3 rings (SSSR count). The zero-order chi connectivity index (χ0) is 22.1. The van der Waals surface area contributed by atoms with Gasteiger partial charge < -0.3 is 9.88 Å². The molecule has 0 bridgehead atoms. The Kier molecular flexibility index (Phi) is 6.12. The van der Waals surface area contributed by atoms with E-state index in [1.807, 2.05) is 11.5 Å². The van der Waals surface area contributed by atoms with E-state index in [1.54, 1.807) is 25.3 Å². The fraction of sp³-hybridized carbons (Fsp3) is 0.250. The summed E-state index contributed by atoms with van der Waals surface area (Å²) < 4.78 is 26.7. The van der Waals surface area contributed by atoms with Gasteiger partial charge in [-0.3, -0.25) is 9.78 Å². The average molecular weight is 446 g/mol. The van der Waals surface area contributed by atoms with Crippen LogP contribution in [0.15, 0.2) is 35.4 Å². The van der Waals surface area contributed by atoms with Gasteiger partial charge in [-0.15, -0.1) is 0 Å². The molecule has 2 heterocycles. The lowest BCUT2D eigenvalue weighted by Crippen LogP contribution is -2.28. The van der Waals surface area contributed by atoms with Crippen molar-refractivity contribution >= 4 is 38.2 Å². The van der Waals surface area contributed by atoms with E-state index < -0.39 is 10.0 Å². The summed E-state index contributed by atoms with van der Waals surface area (Å²) in [5.41, 5.74) is 3.41. The van der Waals surface area contributed by atoms with E-state index in [1.165, 1.54) is 12.3 Å². The Bertz CT molecular complexity index is 1320. The third kappa shape index (κ3) is 4.46. The van der Waals surface area contributed by atoms with Crippen LogP contribution in [0, 0.1) is 25.2 Å². The molecule has 8 nitrogen and oxygen atoms in total. The van der Waals surface area contributed by atoms with Crippen LogP contribution in [0.4, 0.5) is 5.69 Å². The highest BCUT2D eigenvalue weighted by Gasteiger charge is 2.16. The van der Waals surface area contributed by atoms with Gasteiger partial charge in [-0.25, -0.2) is 13.1 Å². The summed E-state index contributed by atoms with van der Waals surface area (Å²) in [4.78, 5) is 17.0. The van der Waals surface area contributed by atoms with Crippen LogP contribution in [0.1, 0.15) is 16.8 Å². The van der Waals surface area contributed by atoms with Crippen molar-refractivity contribution in [2.24, 2.45) is 0 Å². The molecule has 0 aliphatic heterocycles. The molecule has 0 spiro atoms. The zero-order valence-electron chi connectivity index (χ0n) is 16.7. The van der Waals surface area contributed by atoms with Crippen LogP contribution < -0.4 is 15.5 Å². The molecule has 2 aromatic heterocycles. The first kappa shape index (κ1) is 21.8. The molecule has 0 fully saturated rings. The standard InChI is InChI=1S/C20H20ClN5O3S/c1-12-6-14(9-22)8-15(21)20(12)26-13(2)7-18(27)19-16(10-23-11-17(19)26)24-4-5-25-30(3,28)29/h6-8,10-11,24-25H,4-5H2,1-3H3. The lowest BCUT2D eigenvalue weighted by molar-refractivity contribution is 0.589. The molecule has 3 aromatic rings. The lowest BCUT2D eigenvalue weighted by Gasteiger charge is -2.19. The quantitative estimate of drug-likeness (QED) is 0.563. The molecule has 0 amide bonds. The van der Waals surface area contributed by atoms with E-state index in [0.29, 0.717) is 38.6 Å². The summed E-state index contributed by atoms with van der Waals surface area (Å²) >= 11 is 6.49. The molecule has 0 saturated carbocycles. The van der Waals surface area contributed by atoms with Gasteiger partial charge in [0.25, 0.3) is 0 Å². The Morgan fingerprint density at radius 1 is 1.20 bits per heavy atom. The highest BCUT2D eigenvalue weighted by molar-refractivity contribution is 7.88. The van der Waals surface area contributed by atoms with Crippen molar-refractivity contribution in [3.8, 4) is 11.8 Å². The number of hydrogen-bond donors (Lipinski definition) is 2. The number of aryl methyl sites for hydroxylation is 2. The molecule has 0 saturated heterocycles. The van der Waals surface area contributed by atoms with Crippen molar-refractivity contribution in [3.05, 3.63) is 62.7 Å². The number of nitriles is 1. The minimum Gasteiger partial charge on any atom is -0.382 e. The Balaban J connectivity index is 2.15. The number of anilines is 1. The van der Waals surface area contributed by atoms with Crippen molar-refractivity contribution in [2.45, 2.75) is 13.8 Å². The summed E-state index contributed by atoms with van der Waals surface area (Å²) in [6, 6.07) is 6.91. The topological polar surface area (TPSA) is 117 Å². The third-order valence-electron chi connectivity index (χ3n) is 4.52. The van der Waals surface area contributed by atoms with Crippen LogP contribution in [0.25, 0.3) is 16.6 Å². The van der Waals surface area contributed by atoms with Crippen LogP contribution in [0.2, 0.25) is 5.02 Å². The maximum absolute atomic E-state index is 12.8. The number of nitrogens with one attached hydrogen (secondary N) is 2. The predicted molar refractivity (Wildman–Crippen MR) is 118 cm³/mol. The number of aromatic nitrogens is 2. The van der Waals surface area contributed by atoms with E-state index in [2.05, 4.69) is 21.1 Å². The normalized spacial score (nSPS) is 11.4. The van der Waals surface area contributed by atoms with E-state index in [4.69, 9.17) is 11.6 Å². The molecule has 30 heavy (non-hydrogen) atoms. The van der Waals surface area contributed by atoms with Gasteiger partial charge >= 0.3 is 0 Å². The highest BCUT2D eigenvalue weighted by Crippen LogP contribution is 2.31. The SMILES string of the molecule is Cc1cc(C#N)cc(Cl)c1-n1c(C)cc(=O)c2c(NCCNS(C)(=O)=O)cncc21. The van der Waals surface area contributed by atoms with Crippen LogP contribution in [0.5, 0.6) is 0 Å². The van der Waals surface area contributed by atoms with E-state index in [0.717, 1.165) is 11.8 Å². The van der Waals surface area contributed by atoms with Crippen LogP contribution in [0.3, 0.4) is 0 Å². The van der Waals surface area contributed by atoms with Gasteiger partial charge in [-0.1, -0.05) is 11.6 Å². The van der Waals surface area contributed by atoms with Crippen LogP contribution in [-0.2, 0) is 10.0 Å². The molecule has 0 atom stereocenters. The van der Waals surface area contributed by atoms with Crippen molar-refractivity contribution in [1.82, 2.24) is 14.3 Å². The summed E-state index contributed by atoms with van der Waals surface area (Å²) in [6.45, 7) is 4.08. The molecule has 1 aromatic carbocycles. The number of nitrogens with zero attached hydrogens (tertiary/aromatic N) is 3. The zero-order valence-corrected chi connectivity index (χ0v) is 18.2. The second-order valence-corrected chi connectivity index (χ2v) is 9.14. The van der Waals surface area contributed by atoms with Crippen LogP contribution >= 0.6 is 11.6 Å². The van der Waals surface area contributed by atoms with Gasteiger partial charge in [0.1, 0.15) is 0 Å². The summed E-state index contributed by atoms with van der Waals surface area (Å²) in [6.07, 6.45) is 4.19. The maximum atomic E-state index is 12.8. The maximum Gasteiger partial charge on any atom is 0.208 e. The molecule has 2 N–H and O–H groups in total. The monoisotopic (exact) mass is 445 g/mol. The Morgan fingerprint density at radius 3 is 2.57 bits per heavy atom. The van der Waals surface area contributed by atoms with Crippen molar-refractivity contribution in [1.29, 1.82) is 5.26 Å². The van der Waals surface area contributed by atoms with Crippen molar-refractivity contribution in [3.63, 3.8) is 0 Å². The third-order valence-corrected chi connectivity index (χ3v) is 5.53. The fourth-order valence-corrected chi connectivity index (χ4v) is 4.17. The van der Waals surface area contributed by atoms with E-state index >= 15 is 0 Å². The minimum atomic E-state index is -3.30. The predicted octanol–water partition coefficient (Wildman–Crippen LogP) is 2.49. The van der Waals surface area contributed by atoms with Gasteiger partial charge in [-0.05, 0) is 31.5 Å². The molecule has 0 unspecified atom stereocenters. The average Bonchev–Trinajstić information content (AvgIpc) is 2.66. The highest BCUT2D eigenvalue weighted by atomic mass is 35.5. The first-order valence-electron chi connectivity index (χ1n) is 9.02. The molecular formula is C20H20ClN5O3S. The van der Waals surface area contributed by atoms with Gasteiger partial charge in [-0.2, -0.15) is 5.26 Å². The van der Waals surface area contributed by atoms with Crippen molar-refractivity contribution < 1.29 is 8.42 Å². The summed E-state index contributed by atoms with van der Waals surface area (Å²) in [5, 5.41) is 13.0.